The maximum Gasteiger partial charge on any atom is 0.373 e. The quantitative estimate of drug-likeness (QED) is 0.399. The van der Waals surface area contributed by atoms with Gasteiger partial charge in [0.15, 0.2) is 0 Å². The summed E-state index contributed by atoms with van der Waals surface area (Å²) in [5.74, 6) is -0.161. The Hall–Kier alpha value is -3.07. The molecule has 1 saturated heterocycles. The highest BCUT2D eigenvalue weighted by Crippen LogP contribution is 2.28. The van der Waals surface area contributed by atoms with E-state index in [0.29, 0.717) is 11.3 Å². The van der Waals surface area contributed by atoms with Crippen molar-refractivity contribution in [1.29, 1.82) is 0 Å². The molecule has 0 bridgehead atoms. The van der Waals surface area contributed by atoms with Crippen LogP contribution in [0.4, 0.5) is 4.79 Å². The number of furan rings is 1. The minimum atomic E-state index is -0.635. The molecule has 0 aliphatic carbocycles. The molecule has 0 unspecified atom stereocenters. The molecule has 0 saturated carbocycles. The Morgan fingerprint density at radius 1 is 1.28 bits per heavy atom. The number of hydrogen-bond acceptors (Lipinski definition) is 6. The summed E-state index contributed by atoms with van der Waals surface area (Å²) in [6, 6.07) is 7.73. The van der Waals surface area contributed by atoms with Crippen LogP contribution in [0.5, 0.6) is 5.75 Å². The van der Waals surface area contributed by atoms with Gasteiger partial charge in [-0.15, -0.1) is 0 Å². The summed E-state index contributed by atoms with van der Waals surface area (Å²) in [7, 11) is 1.24. The van der Waals surface area contributed by atoms with Crippen molar-refractivity contribution in [2.45, 2.75) is 26.5 Å². The van der Waals surface area contributed by atoms with Gasteiger partial charge in [0.25, 0.3) is 5.91 Å². The SMILES string of the molecule is COC(=O)c1ccc(CN2C(=O)N/C(=C\c3ccc(OC(C)C)c(Br)c3)C2=O)o1. The Morgan fingerprint density at radius 3 is 2.69 bits per heavy atom. The Bertz CT molecular complexity index is 995. The molecule has 3 rings (SSSR count). The van der Waals surface area contributed by atoms with Gasteiger partial charge in [-0.2, -0.15) is 0 Å². The average molecular weight is 463 g/mol. The zero-order valence-electron chi connectivity index (χ0n) is 16.0. The molecule has 1 N–H and O–H groups in total. The maximum atomic E-state index is 12.6. The number of benzene rings is 1. The van der Waals surface area contributed by atoms with Crippen LogP contribution >= 0.6 is 15.9 Å². The van der Waals surface area contributed by atoms with Crippen LogP contribution in [0.3, 0.4) is 0 Å². The van der Waals surface area contributed by atoms with Crippen molar-refractivity contribution in [2.75, 3.05) is 7.11 Å². The molecule has 1 aromatic carbocycles. The van der Waals surface area contributed by atoms with E-state index in [4.69, 9.17) is 9.15 Å². The first-order valence-corrected chi connectivity index (χ1v) is 9.55. The van der Waals surface area contributed by atoms with Crippen molar-refractivity contribution in [3.8, 4) is 5.75 Å². The third-order valence-electron chi connectivity index (χ3n) is 3.95. The fourth-order valence-corrected chi connectivity index (χ4v) is 3.16. The van der Waals surface area contributed by atoms with E-state index in [0.717, 1.165) is 9.37 Å². The van der Waals surface area contributed by atoms with E-state index in [-0.39, 0.29) is 29.9 Å². The lowest BCUT2D eigenvalue weighted by atomic mass is 10.2. The molecule has 9 heteroatoms. The van der Waals surface area contributed by atoms with Gasteiger partial charge in [0, 0.05) is 0 Å². The molecule has 0 atom stereocenters. The third-order valence-corrected chi connectivity index (χ3v) is 4.57. The first-order chi connectivity index (χ1) is 13.8. The number of hydrogen-bond donors (Lipinski definition) is 1. The Labute approximate surface area is 175 Å². The van der Waals surface area contributed by atoms with Gasteiger partial charge in [0.1, 0.15) is 17.2 Å². The van der Waals surface area contributed by atoms with Crippen molar-refractivity contribution in [3.63, 3.8) is 0 Å². The first kappa shape index (κ1) is 20.7. The molecule has 0 spiro atoms. The van der Waals surface area contributed by atoms with Crippen LogP contribution in [0.15, 0.2) is 44.9 Å². The fourth-order valence-electron chi connectivity index (χ4n) is 2.67. The molecule has 1 fully saturated rings. The lowest BCUT2D eigenvalue weighted by molar-refractivity contribution is -0.123. The molecule has 0 radical (unpaired) electrons. The van der Waals surface area contributed by atoms with Crippen LogP contribution < -0.4 is 10.1 Å². The summed E-state index contributed by atoms with van der Waals surface area (Å²) >= 11 is 3.44. The predicted molar refractivity (Wildman–Crippen MR) is 107 cm³/mol. The molecule has 1 aromatic heterocycles. The van der Waals surface area contributed by atoms with Crippen LogP contribution in [0.1, 0.15) is 35.7 Å². The average Bonchev–Trinajstić information content (AvgIpc) is 3.24. The van der Waals surface area contributed by atoms with Crippen LogP contribution in [0, 0.1) is 0 Å². The Kier molecular flexibility index (Phi) is 6.07. The second-order valence-electron chi connectivity index (χ2n) is 6.49. The Morgan fingerprint density at radius 2 is 2.03 bits per heavy atom. The van der Waals surface area contributed by atoms with Crippen LogP contribution in [-0.4, -0.2) is 36.0 Å². The van der Waals surface area contributed by atoms with Crippen molar-refractivity contribution in [2.24, 2.45) is 0 Å². The minimum Gasteiger partial charge on any atom is -0.490 e. The summed E-state index contributed by atoms with van der Waals surface area (Å²) in [5.41, 5.74) is 0.851. The lowest BCUT2D eigenvalue weighted by Crippen LogP contribution is -2.30. The van der Waals surface area contributed by atoms with Gasteiger partial charge in [0.05, 0.1) is 24.2 Å². The zero-order valence-corrected chi connectivity index (χ0v) is 17.6. The summed E-state index contributed by atoms with van der Waals surface area (Å²) < 4.78 is 16.3. The lowest BCUT2D eigenvalue weighted by Gasteiger charge is -2.11. The molecule has 2 aromatic rings. The number of carbonyl (C=O) groups excluding carboxylic acids is 3. The second-order valence-corrected chi connectivity index (χ2v) is 7.35. The normalized spacial score (nSPS) is 15.2. The van der Waals surface area contributed by atoms with Crippen LogP contribution in [0.2, 0.25) is 0 Å². The van der Waals surface area contributed by atoms with Gasteiger partial charge in [-0.05, 0) is 65.7 Å². The highest BCUT2D eigenvalue weighted by molar-refractivity contribution is 9.10. The van der Waals surface area contributed by atoms with Gasteiger partial charge in [-0.25, -0.2) is 9.59 Å². The minimum absolute atomic E-state index is 0.00104. The highest BCUT2D eigenvalue weighted by atomic mass is 79.9. The van der Waals surface area contributed by atoms with Crippen molar-refractivity contribution in [1.82, 2.24) is 10.2 Å². The fraction of sp³-hybridized carbons (Fsp3) is 0.250. The number of halogens is 1. The van der Waals surface area contributed by atoms with E-state index in [2.05, 4.69) is 26.0 Å². The van der Waals surface area contributed by atoms with Crippen molar-refractivity contribution < 1.29 is 28.3 Å². The maximum absolute atomic E-state index is 12.6. The first-order valence-electron chi connectivity index (χ1n) is 8.76. The molecular weight excluding hydrogens is 444 g/mol. The standard InChI is InChI=1S/C20H19BrN2O6/c1-11(2)28-16-6-4-12(8-14(16)21)9-15-18(24)23(20(26)22-15)10-13-5-7-17(29-13)19(25)27-3/h4-9,11H,10H2,1-3H3,(H,22,26)/b15-9-. The molecule has 8 nitrogen and oxygen atoms in total. The topological polar surface area (TPSA) is 98.1 Å². The number of esters is 1. The van der Waals surface area contributed by atoms with E-state index in [1.54, 1.807) is 24.3 Å². The highest BCUT2D eigenvalue weighted by Gasteiger charge is 2.34. The molecule has 2 heterocycles. The number of amides is 3. The number of nitrogens with zero attached hydrogens (tertiary/aromatic N) is 1. The van der Waals surface area contributed by atoms with Crippen LogP contribution in [0.25, 0.3) is 6.08 Å². The van der Waals surface area contributed by atoms with Gasteiger partial charge in [-0.1, -0.05) is 6.07 Å². The van der Waals surface area contributed by atoms with E-state index in [1.807, 2.05) is 13.8 Å². The largest absolute Gasteiger partial charge is 0.490 e. The summed E-state index contributed by atoms with van der Waals surface area (Å²) in [5, 5.41) is 2.55. The van der Waals surface area contributed by atoms with Gasteiger partial charge >= 0.3 is 12.0 Å². The number of urea groups is 1. The Balaban J connectivity index is 1.75. The zero-order chi connectivity index (χ0) is 21.1. The van der Waals surface area contributed by atoms with Gasteiger partial charge < -0.3 is 19.2 Å². The molecule has 1 aliphatic rings. The number of methoxy groups -OCH3 is 1. The third kappa shape index (κ3) is 4.68. The second kappa shape index (κ2) is 8.52. The van der Waals surface area contributed by atoms with Gasteiger partial charge in [0.2, 0.25) is 5.76 Å². The number of nitrogens with one attached hydrogen (secondary N) is 1. The van der Waals surface area contributed by atoms with Crippen molar-refractivity contribution in [3.05, 3.63) is 57.6 Å². The number of ether oxygens (including phenoxy) is 2. The number of imide groups is 1. The predicted octanol–water partition coefficient (Wildman–Crippen LogP) is 3.71. The molecule has 1 aliphatic heterocycles. The summed E-state index contributed by atoms with van der Waals surface area (Å²) in [6.07, 6.45) is 1.60. The van der Waals surface area contributed by atoms with E-state index < -0.39 is 17.9 Å². The smallest absolute Gasteiger partial charge is 0.373 e. The van der Waals surface area contributed by atoms with Crippen molar-refractivity contribution >= 4 is 39.9 Å². The number of rotatable bonds is 6. The molecule has 3 amide bonds. The van der Waals surface area contributed by atoms with E-state index >= 15 is 0 Å². The monoisotopic (exact) mass is 462 g/mol. The van der Waals surface area contributed by atoms with E-state index in [9.17, 15) is 14.4 Å². The van der Waals surface area contributed by atoms with Crippen LogP contribution in [-0.2, 0) is 16.1 Å². The summed E-state index contributed by atoms with van der Waals surface area (Å²) in [6.45, 7) is 3.75. The molecule has 29 heavy (non-hydrogen) atoms. The number of carbonyl (C=O) groups is 3. The van der Waals surface area contributed by atoms with Gasteiger partial charge in [-0.3, -0.25) is 9.69 Å². The molecular formula is C20H19BrN2O6. The molecule has 152 valence electrons. The summed E-state index contributed by atoms with van der Waals surface area (Å²) in [4.78, 5) is 37.3. The van der Waals surface area contributed by atoms with E-state index in [1.165, 1.54) is 19.2 Å².